The minimum absolute atomic E-state index is 0.324. The number of hydrogen-bond acceptors (Lipinski definition) is 5. The van der Waals surface area contributed by atoms with Gasteiger partial charge in [-0.05, 0) is 75.0 Å². The van der Waals surface area contributed by atoms with Gasteiger partial charge in [0.25, 0.3) is 0 Å². The van der Waals surface area contributed by atoms with E-state index in [1.165, 1.54) is 0 Å². The number of rotatable bonds is 6. The summed E-state index contributed by atoms with van der Waals surface area (Å²) in [5.74, 6) is 0.399. The van der Waals surface area contributed by atoms with Gasteiger partial charge in [-0.15, -0.1) is 0 Å². The third kappa shape index (κ3) is 4.25. The van der Waals surface area contributed by atoms with Crippen molar-refractivity contribution in [3.63, 3.8) is 0 Å². The fraction of sp³-hybridized carbons (Fsp3) is 0.423. The van der Waals surface area contributed by atoms with Crippen molar-refractivity contribution < 1.29 is 19.4 Å². The van der Waals surface area contributed by atoms with Crippen LogP contribution < -0.4 is 4.74 Å². The van der Waals surface area contributed by atoms with E-state index in [4.69, 9.17) is 9.47 Å². The highest BCUT2D eigenvalue weighted by molar-refractivity contribution is 5.99. The maximum Gasteiger partial charge on any atom is 0.355 e. The van der Waals surface area contributed by atoms with Gasteiger partial charge in [0.1, 0.15) is 17.0 Å². The molecule has 1 saturated heterocycles. The van der Waals surface area contributed by atoms with E-state index in [1.54, 1.807) is 7.11 Å². The normalized spacial score (nSPS) is 19.3. The Kier molecular flexibility index (Phi) is 6.26. The van der Waals surface area contributed by atoms with Crippen LogP contribution in [0.15, 0.2) is 36.4 Å². The number of aromatic nitrogens is 1. The number of nitrogens with one attached hydrogen (secondary N) is 1. The predicted molar refractivity (Wildman–Crippen MR) is 125 cm³/mol. The number of carbonyl (C=O) groups excluding carboxylic acids is 1. The summed E-state index contributed by atoms with van der Waals surface area (Å²) in [5.41, 5.74) is 4.55. The predicted octanol–water partition coefficient (Wildman–Crippen LogP) is 4.45. The summed E-state index contributed by atoms with van der Waals surface area (Å²) in [6.45, 7) is 8.16. The lowest BCUT2D eigenvalue weighted by Crippen LogP contribution is -2.45. The number of β-amino-alcohol motifs (C(OH)–C–C–N with tert-alkyl or cyclic N) is 1. The van der Waals surface area contributed by atoms with E-state index < -0.39 is 5.60 Å². The average molecular weight is 437 g/mol. The quantitative estimate of drug-likeness (QED) is 0.559. The van der Waals surface area contributed by atoms with Gasteiger partial charge in [-0.3, -0.25) is 4.90 Å². The van der Waals surface area contributed by atoms with Crippen LogP contribution in [0.4, 0.5) is 0 Å². The van der Waals surface area contributed by atoms with Crippen molar-refractivity contribution in [2.45, 2.75) is 45.8 Å². The summed E-state index contributed by atoms with van der Waals surface area (Å²) in [7, 11) is 1.63. The molecule has 6 heteroatoms. The molecule has 2 heterocycles. The van der Waals surface area contributed by atoms with Gasteiger partial charge < -0.3 is 19.6 Å². The molecular formula is C26H32N2O4. The van der Waals surface area contributed by atoms with Crippen molar-refractivity contribution in [3.8, 4) is 5.75 Å². The highest BCUT2D eigenvalue weighted by Gasteiger charge is 2.36. The number of nitrogens with zero attached hydrogens (tertiary/aromatic N) is 1. The molecule has 1 fully saturated rings. The largest absolute Gasteiger partial charge is 0.497 e. The van der Waals surface area contributed by atoms with Crippen molar-refractivity contribution in [2.24, 2.45) is 0 Å². The lowest BCUT2D eigenvalue weighted by molar-refractivity contribution is -0.0382. The Morgan fingerprint density at radius 2 is 2.06 bits per heavy atom. The number of aryl methyl sites for hydroxylation is 2. The van der Waals surface area contributed by atoms with Gasteiger partial charge in [0.05, 0.1) is 13.7 Å². The van der Waals surface area contributed by atoms with Gasteiger partial charge in [-0.2, -0.15) is 0 Å². The van der Waals surface area contributed by atoms with E-state index in [9.17, 15) is 9.90 Å². The Balaban J connectivity index is 1.69. The number of esters is 1. The van der Waals surface area contributed by atoms with Gasteiger partial charge in [0, 0.05) is 29.6 Å². The third-order valence-corrected chi connectivity index (χ3v) is 6.36. The highest BCUT2D eigenvalue weighted by atomic mass is 16.5. The molecule has 2 N–H and O–H groups in total. The fourth-order valence-electron chi connectivity index (χ4n) is 4.97. The maximum absolute atomic E-state index is 12.8. The van der Waals surface area contributed by atoms with Crippen LogP contribution in [0, 0.1) is 13.8 Å². The summed E-state index contributed by atoms with van der Waals surface area (Å²) in [6, 6.07) is 11.9. The molecule has 0 spiro atoms. The third-order valence-electron chi connectivity index (χ3n) is 6.36. The number of methoxy groups -OCH3 is 1. The van der Waals surface area contributed by atoms with Crippen molar-refractivity contribution in [1.82, 2.24) is 9.88 Å². The summed E-state index contributed by atoms with van der Waals surface area (Å²) in [6.07, 6.45) is 1.55. The second-order valence-electron chi connectivity index (χ2n) is 8.78. The molecule has 3 aromatic rings. The molecule has 2 aromatic carbocycles. The summed E-state index contributed by atoms with van der Waals surface area (Å²) in [4.78, 5) is 18.3. The molecule has 170 valence electrons. The van der Waals surface area contributed by atoms with E-state index in [0.717, 1.165) is 51.9 Å². The number of H-pyrrole nitrogens is 1. The first-order valence-corrected chi connectivity index (χ1v) is 11.2. The Bertz CT molecular complexity index is 1140. The zero-order valence-electron chi connectivity index (χ0n) is 19.3. The van der Waals surface area contributed by atoms with Crippen LogP contribution >= 0.6 is 0 Å². The SMILES string of the molecule is CCOC(=O)c1[nH]c2cc(C)cc(C)c2c1CN1CCCC(O)(c2cccc(OC)c2)C1. The zero-order valence-corrected chi connectivity index (χ0v) is 19.3. The first-order chi connectivity index (χ1) is 15.3. The lowest BCUT2D eigenvalue weighted by Gasteiger charge is -2.39. The second kappa shape index (κ2) is 8.96. The average Bonchev–Trinajstić information content (AvgIpc) is 3.12. The number of carbonyl (C=O) groups is 1. The minimum Gasteiger partial charge on any atom is -0.497 e. The molecule has 0 radical (unpaired) electrons. The van der Waals surface area contributed by atoms with Crippen molar-refractivity contribution in [2.75, 3.05) is 26.8 Å². The number of ether oxygens (including phenoxy) is 2. The van der Waals surface area contributed by atoms with Crippen LogP contribution in [0.25, 0.3) is 10.9 Å². The van der Waals surface area contributed by atoms with Crippen LogP contribution in [-0.4, -0.2) is 47.8 Å². The molecule has 0 bridgehead atoms. The molecule has 0 amide bonds. The number of fused-ring (bicyclic) bond motifs is 1. The van der Waals surface area contributed by atoms with Crippen LogP contribution in [-0.2, 0) is 16.9 Å². The topological polar surface area (TPSA) is 74.8 Å². The van der Waals surface area contributed by atoms with E-state index >= 15 is 0 Å². The van der Waals surface area contributed by atoms with Crippen molar-refractivity contribution >= 4 is 16.9 Å². The molecule has 1 aromatic heterocycles. The molecule has 1 aliphatic heterocycles. The van der Waals surface area contributed by atoms with Crippen LogP contribution in [0.5, 0.6) is 5.75 Å². The number of aromatic amines is 1. The standard InChI is InChI=1S/C26H32N2O4/c1-5-32-25(29)24-21(23-18(3)12-17(2)13-22(23)27-24)15-28-11-7-10-26(30,16-28)19-8-6-9-20(14-19)31-4/h6,8-9,12-14,27,30H,5,7,10-11,15-16H2,1-4H3. The number of benzene rings is 2. The monoisotopic (exact) mass is 436 g/mol. The van der Waals surface area contributed by atoms with Crippen LogP contribution in [0.3, 0.4) is 0 Å². The second-order valence-corrected chi connectivity index (χ2v) is 8.78. The minimum atomic E-state index is -0.964. The van der Waals surface area contributed by atoms with E-state index in [-0.39, 0.29) is 5.97 Å². The van der Waals surface area contributed by atoms with Gasteiger partial charge >= 0.3 is 5.97 Å². The smallest absolute Gasteiger partial charge is 0.355 e. The number of aliphatic hydroxyl groups is 1. The molecule has 1 atom stereocenters. The highest BCUT2D eigenvalue weighted by Crippen LogP contribution is 2.35. The molecule has 6 nitrogen and oxygen atoms in total. The molecule has 32 heavy (non-hydrogen) atoms. The summed E-state index contributed by atoms with van der Waals surface area (Å²) >= 11 is 0. The number of piperidine rings is 1. The fourth-order valence-corrected chi connectivity index (χ4v) is 4.97. The molecule has 0 saturated carbocycles. The Hall–Kier alpha value is -2.83. The molecule has 0 aliphatic carbocycles. The van der Waals surface area contributed by atoms with E-state index in [2.05, 4.69) is 35.9 Å². The molecular weight excluding hydrogens is 404 g/mol. The molecule has 4 rings (SSSR count). The van der Waals surface area contributed by atoms with Crippen LogP contribution in [0.1, 0.15) is 52.5 Å². The van der Waals surface area contributed by atoms with Crippen molar-refractivity contribution in [3.05, 3.63) is 64.3 Å². The Morgan fingerprint density at radius 1 is 1.25 bits per heavy atom. The summed E-state index contributed by atoms with van der Waals surface area (Å²) in [5, 5.41) is 12.6. The van der Waals surface area contributed by atoms with Gasteiger partial charge in [0.15, 0.2) is 0 Å². The van der Waals surface area contributed by atoms with Gasteiger partial charge in [0.2, 0.25) is 0 Å². The van der Waals surface area contributed by atoms with E-state index in [1.807, 2.05) is 31.2 Å². The zero-order chi connectivity index (χ0) is 22.9. The summed E-state index contributed by atoms with van der Waals surface area (Å²) < 4.78 is 10.7. The lowest BCUT2D eigenvalue weighted by atomic mass is 9.85. The van der Waals surface area contributed by atoms with Gasteiger partial charge in [-0.1, -0.05) is 18.2 Å². The molecule has 1 aliphatic rings. The Labute approximate surface area is 189 Å². The van der Waals surface area contributed by atoms with Crippen molar-refractivity contribution in [1.29, 1.82) is 0 Å². The number of hydrogen-bond donors (Lipinski definition) is 2. The van der Waals surface area contributed by atoms with Gasteiger partial charge in [-0.25, -0.2) is 4.79 Å². The van der Waals surface area contributed by atoms with E-state index in [0.29, 0.717) is 31.8 Å². The molecule has 1 unspecified atom stereocenters. The first-order valence-electron chi connectivity index (χ1n) is 11.2. The van der Waals surface area contributed by atoms with Crippen LogP contribution in [0.2, 0.25) is 0 Å². The number of likely N-dealkylation sites (tertiary alicyclic amines) is 1. The first kappa shape index (κ1) is 22.4. The Morgan fingerprint density at radius 3 is 2.81 bits per heavy atom. The maximum atomic E-state index is 12.8.